The van der Waals surface area contributed by atoms with Gasteiger partial charge in [-0.1, -0.05) is 5.92 Å². The van der Waals surface area contributed by atoms with E-state index in [0.717, 1.165) is 6.07 Å². The number of nitrogens with two attached hydrogens (primary N) is 1. The number of methoxy groups -OCH3 is 1. The standard InChI is InChI=1S/C12H12F3NO2/c1-4-11(17,12(13,14)15)8-5-7(2)9(16)6-10(8)18-3/h1,5-6,17H,16H2,2-3H3. The van der Waals surface area contributed by atoms with Crippen LogP contribution >= 0.6 is 0 Å². The molecule has 0 heterocycles. The van der Waals surface area contributed by atoms with Gasteiger partial charge < -0.3 is 15.6 Å². The lowest BCUT2D eigenvalue weighted by Crippen LogP contribution is -2.41. The van der Waals surface area contributed by atoms with Gasteiger partial charge in [0.1, 0.15) is 5.75 Å². The number of nitrogen functional groups attached to an aromatic ring is 1. The second kappa shape index (κ2) is 4.42. The molecule has 3 N–H and O–H groups in total. The summed E-state index contributed by atoms with van der Waals surface area (Å²) in [6, 6.07) is 2.26. The molecule has 0 aliphatic heterocycles. The van der Waals surface area contributed by atoms with Gasteiger partial charge in [0.05, 0.1) is 7.11 Å². The first-order chi connectivity index (χ1) is 8.17. The van der Waals surface area contributed by atoms with Crippen LogP contribution in [0.3, 0.4) is 0 Å². The summed E-state index contributed by atoms with van der Waals surface area (Å²) in [5, 5.41) is 9.67. The molecule has 3 nitrogen and oxygen atoms in total. The molecule has 6 heteroatoms. The van der Waals surface area contributed by atoms with E-state index in [9.17, 15) is 18.3 Å². The highest BCUT2D eigenvalue weighted by Crippen LogP contribution is 2.43. The summed E-state index contributed by atoms with van der Waals surface area (Å²) in [5.74, 6) is 1.15. The highest BCUT2D eigenvalue weighted by atomic mass is 19.4. The molecule has 0 radical (unpaired) electrons. The maximum absolute atomic E-state index is 12.9. The van der Waals surface area contributed by atoms with E-state index in [1.165, 1.54) is 26.0 Å². The third-order valence-corrected chi connectivity index (χ3v) is 2.60. The molecule has 0 fully saturated rings. The van der Waals surface area contributed by atoms with Crippen molar-refractivity contribution in [2.24, 2.45) is 0 Å². The van der Waals surface area contributed by atoms with Crippen LogP contribution in [-0.4, -0.2) is 18.4 Å². The number of anilines is 1. The third-order valence-electron chi connectivity index (χ3n) is 2.60. The van der Waals surface area contributed by atoms with Crippen LogP contribution in [0.5, 0.6) is 5.75 Å². The SMILES string of the molecule is C#CC(O)(c1cc(C)c(N)cc1OC)C(F)(F)F. The molecular formula is C12H12F3NO2. The molecule has 1 atom stereocenters. The number of rotatable bonds is 2. The summed E-state index contributed by atoms with van der Waals surface area (Å²) in [6.07, 6.45) is -0.186. The van der Waals surface area contributed by atoms with Gasteiger partial charge in [-0.3, -0.25) is 0 Å². The van der Waals surface area contributed by atoms with Gasteiger partial charge >= 0.3 is 6.18 Å². The van der Waals surface area contributed by atoms with Crippen LogP contribution in [0.4, 0.5) is 18.9 Å². The molecule has 1 unspecified atom stereocenters. The second-order valence-electron chi connectivity index (χ2n) is 3.76. The fraction of sp³-hybridized carbons (Fsp3) is 0.333. The van der Waals surface area contributed by atoms with E-state index in [1.54, 1.807) is 0 Å². The molecule has 98 valence electrons. The molecule has 0 saturated carbocycles. The summed E-state index contributed by atoms with van der Waals surface area (Å²) in [6.45, 7) is 1.51. The monoisotopic (exact) mass is 259 g/mol. The number of ether oxygens (including phenoxy) is 1. The van der Waals surface area contributed by atoms with Crippen LogP contribution in [-0.2, 0) is 5.60 Å². The zero-order valence-electron chi connectivity index (χ0n) is 9.80. The molecule has 0 amide bonds. The van der Waals surface area contributed by atoms with Gasteiger partial charge in [-0.2, -0.15) is 13.2 Å². The first kappa shape index (κ1) is 14.2. The Hall–Kier alpha value is -1.87. The van der Waals surface area contributed by atoms with Gasteiger partial charge in [0.15, 0.2) is 0 Å². The fourth-order valence-corrected chi connectivity index (χ4v) is 1.47. The van der Waals surface area contributed by atoms with E-state index in [-0.39, 0.29) is 11.4 Å². The summed E-state index contributed by atoms with van der Waals surface area (Å²) >= 11 is 0. The topological polar surface area (TPSA) is 55.5 Å². The maximum Gasteiger partial charge on any atom is 0.433 e. The van der Waals surface area contributed by atoms with Crippen molar-refractivity contribution < 1.29 is 23.0 Å². The van der Waals surface area contributed by atoms with Crippen LogP contribution in [0, 0.1) is 19.3 Å². The number of hydrogen-bond donors (Lipinski definition) is 2. The minimum atomic E-state index is -5.02. The Morgan fingerprint density at radius 3 is 2.33 bits per heavy atom. The van der Waals surface area contributed by atoms with Crippen LogP contribution < -0.4 is 10.5 Å². The van der Waals surface area contributed by atoms with Crippen molar-refractivity contribution in [1.82, 2.24) is 0 Å². The van der Waals surface area contributed by atoms with Crippen molar-refractivity contribution in [3.8, 4) is 18.1 Å². The smallest absolute Gasteiger partial charge is 0.433 e. The largest absolute Gasteiger partial charge is 0.496 e. The number of alkyl halides is 3. The Bertz CT molecular complexity index is 505. The molecule has 18 heavy (non-hydrogen) atoms. The van der Waals surface area contributed by atoms with E-state index in [2.05, 4.69) is 0 Å². The van der Waals surface area contributed by atoms with Crippen molar-refractivity contribution in [3.63, 3.8) is 0 Å². The first-order valence-corrected chi connectivity index (χ1v) is 4.88. The number of aryl methyl sites for hydroxylation is 1. The molecule has 0 aromatic heterocycles. The van der Waals surface area contributed by atoms with Crippen LogP contribution in [0.2, 0.25) is 0 Å². The van der Waals surface area contributed by atoms with Gasteiger partial charge in [-0.25, -0.2) is 0 Å². The van der Waals surface area contributed by atoms with E-state index in [1.807, 2.05) is 0 Å². The average Bonchev–Trinajstić information content (AvgIpc) is 2.29. The highest BCUT2D eigenvalue weighted by molar-refractivity contribution is 5.57. The normalized spacial score (nSPS) is 14.7. The second-order valence-corrected chi connectivity index (χ2v) is 3.76. The predicted molar refractivity (Wildman–Crippen MR) is 60.9 cm³/mol. The lowest BCUT2D eigenvalue weighted by Gasteiger charge is -2.27. The van der Waals surface area contributed by atoms with Crippen molar-refractivity contribution >= 4 is 5.69 Å². The number of hydrogen-bond acceptors (Lipinski definition) is 3. The Kier molecular flexibility index (Phi) is 3.49. The maximum atomic E-state index is 12.9. The highest BCUT2D eigenvalue weighted by Gasteiger charge is 2.55. The Morgan fingerprint density at radius 2 is 1.94 bits per heavy atom. The van der Waals surface area contributed by atoms with E-state index in [0.29, 0.717) is 5.56 Å². The Balaban J connectivity index is 3.58. The molecule has 0 aliphatic carbocycles. The first-order valence-electron chi connectivity index (χ1n) is 4.88. The van der Waals surface area contributed by atoms with Gasteiger partial charge in [0, 0.05) is 17.3 Å². The molecule has 0 saturated heterocycles. The van der Waals surface area contributed by atoms with Crippen LogP contribution in [0.1, 0.15) is 11.1 Å². The Morgan fingerprint density at radius 1 is 1.39 bits per heavy atom. The average molecular weight is 259 g/mol. The van der Waals surface area contributed by atoms with Gasteiger partial charge in [-0.05, 0) is 18.6 Å². The van der Waals surface area contributed by atoms with E-state index in [4.69, 9.17) is 16.9 Å². The van der Waals surface area contributed by atoms with Gasteiger partial charge in [0.2, 0.25) is 0 Å². The predicted octanol–water partition coefficient (Wildman–Crippen LogP) is 1.97. The number of benzene rings is 1. The molecule has 1 aromatic carbocycles. The van der Waals surface area contributed by atoms with Gasteiger partial charge in [0.25, 0.3) is 5.60 Å². The van der Waals surface area contributed by atoms with Crippen molar-refractivity contribution in [2.75, 3.05) is 12.8 Å². The number of halogens is 3. The summed E-state index contributed by atoms with van der Waals surface area (Å²) in [7, 11) is 1.17. The number of aliphatic hydroxyl groups is 1. The van der Waals surface area contributed by atoms with E-state index < -0.39 is 17.3 Å². The Labute approximate surface area is 102 Å². The molecule has 1 aromatic rings. The summed E-state index contributed by atoms with van der Waals surface area (Å²) < 4.78 is 43.4. The van der Waals surface area contributed by atoms with E-state index >= 15 is 0 Å². The summed E-state index contributed by atoms with van der Waals surface area (Å²) in [4.78, 5) is 0. The third kappa shape index (κ3) is 2.09. The van der Waals surface area contributed by atoms with Crippen LogP contribution in [0.15, 0.2) is 12.1 Å². The zero-order valence-corrected chi connectivity index (χ0v) is 9.80. The minimum absolute atomic E-state index is 0.212. The van der Waals surface area contributed by atoms with Gasteiger partial charge in [-0.15, -0.1) is 6.42 Å². The molecule has 0 spiro atoms. The lowest BCUT2D eigenvalue weighted by molar-refractivity contribution is -0.241. The van der Waals surface area contributed by atoms with Crippen molar-refractivity contribution in [2.45, 2.75) is 18.7 Å². The fourth-order valence-electron chi connectivity index (χ4n) is 1.47. The molecule has 0 bridgehead atoms. The molecular weight excluding hydrogens is 247 g/mol. The summed E-state index contributed by atoms with van der Waals surface area (Å²) in [5.41, 5.74) is 2.22. The zero-order chi connectivity index (χ0) is 14.1. The molecule has 1 rings (SSSR count). The van der Waals surface area contributed by atoms with Crippen molar-refractivity contribution in [1.29, 1.82) is 0 Å². The van der Waals surface area contributed by atoms with Crippen LogP contribution in [0.25, 0.3) is 0 Å². The lowest BCUT2D eigenvalue weighted by atomic mass is 9.91. The minimum Gasteiger partial charge on any atom is -0.496 e. The quantitative estimate of drug-likeness (QED) is 0.630. The van der Waals surface area contributed by atoms with Crippen molar-refractivity contribution in [3.05, 3.63) is 23.3 Å². The molecule has 0 aliphatic rings. The number of terminal acetylenes is 1.